The number of nitrogens with zero attached hydrogens (tertiary/aromatic N) is 5. The summed E-state index contributed by atoms with van der Waals surface area (Å²) in [6, 6.07) is 17.1. The lowest BCUT2D eigenvalue weighted by Crippen LogP contribution is -2.48. The fraction of sp³-hybridized carbons (Fsp3) is 0.235. The lowest BCUT2D eigenvalue weighted by molar-refractivity contribution is -0.137. The van der Waals surface area contributed by atoms with E-state index in [4.69, 9.17) is 4.74 Å². The van der Waals surface area contributed by atoms with Crippen molar-refractivity contribution in [3.63, 3.8) is 0 Å². The molecule has 1 N–H and O–H groups in total. The molecule has 1 aliphatic rings. The van der Waals surface area contributed by atoms with Gasteiger partial charge in [0.25, 0.3) is 11.8 Å². The topological polar surface area (TPSA) is 92.6 Å². The van der Waals surface area contributed by atoms with E-state index in [-0.39, 0.29) is 45.4 Å². The predicted molar refractivity (Wildman–Crippen MR) is 187 cm³/mol. The van der Waals surface area contributed by atoms with Crippen LogP contribution in [-0.4, -0.2) is 62.3 Å². The summed E-state index contributed by atoms with van der Waals surface area (Å²) in [5.41, 5.74) is 2.99. The average Bonchev–Trinajstić information content (AvgIpc) is 3.37. The minimum Gasteiger partial charge on any atom is -0.439 e. The minimum absolute atomic E-state index is 0. The van der Waals surface area contributed by atoms with E-state index in [0.717, 1.165) is 54.8 Å². The Hall–Kier alpha value is -4.27. The zero-order chi connectivity index (χ0) is 32.4. The van der Waals surface area contributed by atoms with Crippen LogP contribution in [-0.2, 0) is 19.8 Å². The van der Waals surface area contributed by atoms with Gasteiger partial charge in [-0.15, -0.1) is 34.0 Å². The number of pyridine rings is 2. The van der Waals surface area contributed by atoms with Gasteiger partial charge in [0.2, 0.25) is 5.88 Å². The van der Waals surface area contributed by atoms with Crippen LogP contribution in [0.15, 0.2) is 85.3 Å². The Morgan fingerprint density at radius 2 is 1.60 bits per heavy atom. The first-order chi connectivity index (χ1) is 22.0. The summed E-state index contributed by atoms with van der Waals surface area (Å²) in [6.07, 6.45) is 0.534. The number of aryl methyl sites for hydroxylation is 2. The molecule has 3 aromatic heterocycles. The third kappa shape index (κ3) is 8.23. The van der Waals surface area contributed by atoms with E-state index >= 15 is 0 Å². The summed E-state index contributed by atoms with van der Waals surface area (Å²) < 4.78 is 46.4. The number of alkyl halides is 3. The molecule has 0 aliphatic carbocycles. The Bertz CT molecular complexity index is 1890. The first kappa shape index (κ1) is 36.6. The molecule has 1 fully saturated rings. The van der Waals surface area contributed by atoms with Crippen LogP contribution in [0.4, 0.5) is 18.9 Å². The van der Waals surface area contributed by atoms with E-state index in [2.05, 4.69) is 20.2 Å². The smallest absolute Gasteiger partial charge is 0.416 e. The maximum Gasteiger partial charge on any atom is 0.416 e. The van der Waals surface area contributed by atoms with Gasteiger partial charge in [0.05, 0.1) is 17.4 Å². The SMILES string of the molecule is Br.Br.Cc1cc(Oc2ccc3c(c2)cc(C(=O)N2CCN(Cc4ccncc4)CC2)n3C)ncc1NC(=O)c1ccc(C(F)(F)F)cc1. The van der Waals surface area contributed by atoms with E-state index in [0.29, 0.717) is 41.7 Å². The third-order valence-electron chi connectivity index (χ3n) is 8.08. The number of carbonyl (C=O) groups excluding carboxylic acids is 2. The van der Waals surface area contributed by atoms with E-state index in [1.807, 2.05) is 46.8 Å². The monoisotopic (exact) mass is 788 g/mol. The maximum absolute atomic E-state index is 13.5. The van der Waals surface area contributed by atoms with Crippen molar-refractivity contribution >= 4 is 62.4 Å². The van der Waals surface area contributed by atoms with Crippen LogP contribution in [0.1, 0.15) is 37.5 Å². The van der Waals surface area contributed by atoms with E-state index < -0.39 is 17.6 Å². The van der Waals surface area contributed by atoms with Gasteiger partial charge >= 0.3 is 6.18 Å². The molecule has 48 heavy (non-hydrogen) atoms. The molecule has 5 aromatic rings. The van der Waals surface area contributed by atoms with Crippen molar-refractivity contribution in [1.29, 1.82) is 0 Å². The molecule has 4 heterocycles. The van der Waals surface area contributed by atoms with Crippen LogP contribution in [0.25, 0.3) is 10.9 Å². The molecule has 0 saturated carbocycles. The van der Waals surface area contributed by atoms with Gasteiger partial charge in [-0.3, -0.25) is 19.5 Å². The molecule has 0 unspecified atom stereocenters. The fourth-order valence-electron chi connectivity index (χ4n) is 5.46. The van der Waals surface area contributed by atoms with Gasteiger partial charge < -0.3 is 19.5 Å². The minimum atomic E-state index is -4.48. The molecule has 0 atom stereocenters. The Balaban J connectivity index is 0.00000260. The Morgan fingerprint density at radius 3 is 2.25 bits per heavy atom. The summed E-state index contributed by atoms with van der Waals surface area (Å²) in [5, 5.41) is 3.52. The van der Waals surface area contributed by atoms with Gasteiger partial charge in [0.1, 0.15) is 11.4 Å². The molecule has 14 heteroatoms. The molecule has 2 amide bonds. The number of nitrogens with one attached hydrogen (secondary N) is 1. The van der Waals surface area contributed by atoms with Crippen molar-refractivity contribution in [2.24, 2.45) is 7.05 Å². The molecule has 252 valence electrons. The number of rotatable bonds is 7. The molecule has 1 aliphatic heterocycles. The molecule has 6 rings (SSSR count). The van der Waals surface area contributed by atoms with Crippen molar-refractivity contribution in [2.75, 3.05) is 31.5 Å². The Morgan fingerprint density at radius 1 is 0.917 bits per heavy atom. The number of anilines is 1. The number of carbonyl (C=O) groups is 2. The van der Waals surface area contributed by atoms with Crippen LogP contribution in [0.3, 0.4) is 0 Å². The average molecular weight is 790 g/mol. The first-order valence-electron chi connectivity index (χ1n) is 14.7. The standard InChI is InChI=1S/C34H31F3N6O3.2BrH/c1-22-17-31(39-20-28(22)40-32(44)24-3-5-26(6-4-24)34(35,36)37)46-27-7-8-29-25(18-27)19-30(41(29)2)33(45)43-15-13-42(14-16-43)21-23-9-11-38-12-10-23;;/h3-12,17-20H,13-16,21H2,1-2H3,(H,40,44);2*1H. The summed E-state index contributed by atoms with van der Waals surface area (Å²) in [4.78, 5) is 38.7. The highest BCUT2D eigenvalue weighted by molar-refractivity contribution is 8.93. The fourth-order valence-corrected chi connectivity index (χ4v) is 5.46. The largest absolute Gasteiger partial charge is 0.439 e. The van der Waals surface area contributed by atoms with Gasteiger partial charge in [0.15, 0.2) is 0 Å². The highest BCUT2D eigenvalue weighted by Gasteiger charge is 2.30. The summed E-state index contributed by atoms with van der Waals surface area (Å²) >= 11 is 0. The van der Waals surface area contributed by atoms with Gasteiger partial charge in [-0.2, -0.15) is 13.2 Å². The van der Waals surface area contributed by atoms with Crippen LogP contribution in [0.2, 0.25) is 0 Å². The molecule has 0 bridgehead atoms. The molecule has 0 radical (unpaired) electrons. The van der Waals surface area contributed by atoms with Gasteiger partial charge in [0, 0.05) is 74.7 Å². The number of benzene rings is 2. The first-order valence-corrected chi connectivity index (χ1v) is 14.7. The van der Waals surface area contributed by atoms with Gasteiger partial charge in [-0.05, 0) is 78.7 Å². The zero-order valence-corrected chi connectivity index (χ0v) is 29.5. The zero-order valence-electron chi connectivity index (χ0n) is 26.0. The number of aromatic nitrogens is 3. The lowest BCUT2D eigenvalue weighted by atomic mass is 10.1. The van der Waals surface area contributed by atoms with E-state index in [1.54, 1.807) is 31.5 Å². The highest BCUT2D eigenvalue weighted by atomic mass is 79.9. The number of ether oxygens (including phenoxy) is 1. The van der Waals surface area contributed by atoms with Gasteiger partial charge in [-0.25, -0.2) is 4.98 Å². The number of fused-ring (bicyclic) bond motifs is 1. The van der Waals surface area contributed by atoms with E-state index in [9.17, 15) is 22.8 Å². The second-order valence-corrected chi connectivity index (χ2v) is 11.2. The van der Waals surface area contributed by atoms with Crippen LogP contribution in [0, 0.1) is 6.92 Å². The Labute approximate surface area is 296 Å². The van der Waals surface area contributed by atoms with Crippen LogP contribution < -0.4 is 10.1 Å². The molecular weight excluding hydrogens is 757 g/mol. The van der Waals surface area contributed by atoms with Crippen molar-refractivity contribution in [3.05, 3.63) is 113 Å². The molecule has 9 nitrogen and oxygen atoms in total. The van der Waals surface area contributed by atoms with Crippen molar-refractivity contribution in [1.82, 2.24) is 24.3 Å². The van der Waals surface area contributed by atoms with Crippen LogP contribution in [0.5, 0.6) is 11.6 Å². The number of hydrogen-bond acceptors (Lipinski definition) is 6. The third-order valence-corrected chi connectivity index (χ3v) is 8.08. The van der Waals surface area contributed by atoms with Crippen molar-refractivity contribution in [3.8, 4) is 11.6 Å². The number of piperazine rings is 1. The molecular formula is C34H33Br2F3N6O3. The predicted octanol–water partition coefficient (Wildman–Crippen LogP) is 7.45. The lowest BCUT2D eigenvalue weighted by Gasteiger charge is -2.34. The van der Waals surface area contributed by atoms with Crippen molar-refractivity contribution in [2.45, 2.75) is 19.6 Å². The summed E-state index contributed by atoms with van der Waals surface area (Å²) in [7, 11) is 1.87. The van der Waals surface area contributed by atoms with Crippen molar-refractivity contribution < 1.29 is 27.5 Å². The molecule has 2 aromatic carbocycles. The normalized spacial score (nSPS) is 13.4. The number of amides is 2. The quantitative estimate of drug-likeness (QED) is 0.184. The Kier molecular flexibility index (Phi) is 11.7. The summed E-state index contributed by atoms with van der Waals surface area (Å²) in [5.74, 6) is 0.242. The molecule has 0 spiro atoms. The van der Waals surface area contributed by atoms with E-state index in [1.165, 1.54) is 11.8 Å². The van der Waals surface area contributed by atoms with Crippen LogP contribution >= 0.6 is 34.0 Å². The second-order valence-electron chi connectivity index (χ2n) is 11.2. The second kappa shape index (κ2) is 15.3. The molecule has 1 saturated heterocycles. The summed E-state index contributed by atoms with van der Waals surface area (Å²) in [6.45, 7) is 5.46. The number of hydrogen-bond donors (Lipinski definition) is 1. The highest BCUT2D eigenvalue weighted by Crippen LogP contribution is 2.31. The maximum atomic E-state index is 13.5. The number of halogens is 5. The van der Waals surface area contributed by atoms with Gasteiger partial charge in [-0.1, -0.05) is 0 Å².